The van der Waals surface area contributed by atoms with Crippen LogP contribution in [0.2, 0.25) is 5.02 Å². The van der Waals surface area contributed by atoms with Crippen molar-refractivity contribution in [1.82, 2.24) is 0 Å². The number of carbonyl (C=O) groups excluding carboxylic acids is 1. The molecule has 1 amide bonds. The van der Waals surface area contributed by atoms with Crippen LogP contribution in [0, 0.1) is 17.6 Å². The fourth-order valence-electron chi connectivity index (χ4n) is 4.29. The minimum Gasteiger partial charge on any atom is -0.440 e. The van der Waals surface area contributed by atoms with E-state index >= 15 is 0 Å². The van der Waals surface area contributed by atoms with Gasteiger partial charge in [-0.2, -0.15) is 0 Å². The van der Waals surface area contributed by atoms with E-state index in [1.54, 1.807) is 0 Å². The summed E-state index contributed by atoms with van der Waals surface area (Å²) in [5.74, 6) is -0.631. The Morgan fingerprint density at radius 1 is 1.18 bits per heavy atom. The first-order valence-corrected chi connectivity index (χ1v) is 9.77. The van der Waals surface area contributed by atoms with Gasteiger partial charge in [0, 0.05) is 24.3 Å². The normalized spacial score (nSPS) is 26.1. The SMILES string of the molecule is C[N+]12CCC(CC1)[C@@H](OC(=O)Nc1ccc(F)cc1-c1ccc(F)c(Cl)c1)C2. The van der Waals surface area contributed by atoms with E-state index in [1.165, 1.54) is 36.4 Å². The third-order valence-corrected chi connectivity index (χ3v) is 6.22. The Morgan fingerprint density at radius 2 is 1.93 bits per heavy atom. The van der Waals surface area contributed by atoms with E-state index in [0.717, 1.165) is 37.0 Å². The number of halogens is 3. The molecular weight excluding hydrogens is 386 g/mol. The molecule has 148 valence electrons. The molecule has 0 spiro atoms. The topological polar surface area (TPSA) is 38.3 Å². The number of anilines is 1. The largest absolute Gasteiger partial charge is 0.440 e. The highest BCUT2D eigenvalue weighted by Gasteiger charge is 2.45. The Hall–Kier alpha value is -2.18. The van der Waals surface area contributed by atoms with Crippen LogP contribution < -0.4 is 5.32 Å². The van der Waals surface area contributed by atoms with Crippen molar-refractivity contribution in [2.45, 2.75) is 18.9 Å². The van der Waals surface area contributed by atoms with E-state index in [1.807, 2.05) is 0 Å². The highest BCUT2D eigenvalue weighted by atomic mass is 35.5. The van der Waals surface area contributed by atoms with Crippen LogP contribution in [-0.4, -0.2) is 43.4 Å². The van der Waals surface area contributed by atoms with Crippen molar-refractivity contribution in [3.8, 4) is 11.1 Å². The van der Waals surface area contributed by atoms with Crippen molar-refractivity contribution < 1.29 is 22.8 Å². The zero-order chi connectivity index (χ0) is 19.9. The summed E-state index contributed by atoms with van der Waals surface area (Å²) in [6.07, 6.45) is 1.44. The molecule has 4 nitrogen and oxygen atoms in total. The molecule has 0 aromatic heterocycles. The summed E-state index contributed by atoms with van der Waals surface area (Å²) in [4.78, 5) is 12.5. The number of nitrogens with zero attached hydrogens (tertiary/aromatic N) is 1. The highest BCUT2D eigenvalue weighted by molar-refractivity contribution is 6.31. The second-order valence-corrected chi connectivity index (χ2v) is 8.38. The van der Waals surface area contributed by atoms with Gasteiger partial charge in [-0.05, 0) is 35.9 Å². The molecule has 3 aliphatic heterocycles. The van der Waals surface area contributed by atoms with Gasteiger partial charge in [-0.25, -0.2) is 13.6 Å². The summed E-state index contributed by atoms with van der Waals surface area (Å²) >= 11 is 5.86. The maximum absolute atomic E-state index is 13.8. The van der Waals surface area contributed by atoms with Gasteiger partial charge in [-0.3, -0.25) is 5.32 Å². The van der Waals surface area contributed by atoms with E-state index in [-0.39, 0.29) is 11.1 Å². The van der Waals surface area contributed by atoms with Crippen molar-refractivity contribution in [3.63, 3.8) is 0 Å². The molecule has 3 aliphatic rings. The monoisotopic (exact) mass is 407 g/mol. The second kappa shape index (κ2) is 7.33. The Balaban J connectivity index is 1.53. The molecule has 2 bridgehead atoms. The number of fused-ring (bicyclic) bond motifs is 3. The zero-order valence-electron chi connectivity index (χ0n) is 15.6. The Morgan fingerprint density at radius 3 is 2.61 bits per heavy atom. The van der Waals surface area contributed by atoms with E-state index in [0.29, 0.717) is 22.7 Å². The van der Waals surface area contributed by atoms with Crippen LogP contribution in [-0.2, 0) is 4.74 Å². The number of amides is 1. The van der Waals surface area contributed by atoms with Crippen LogP contribution in [0.25, 0.3) is 11.1 Å². The van der Waals surface area contributed by atoms with Gasteiger partial charge in [-0.1, -0.05) is 17.7 Å². The lowest BCUT2D eigenvalue weighted by Crippen LogP contribution is -2.62. The third-order valence-electron chi connectivity index (χ3n) is 5.93. The summed E-state index contributed by atoms with van der Waals surface area (Å²) in [5.41, 5.74) is 1.30. The van der Waals surface area contributed by atoms with Gasteiger partial charge >= 0.3 is 6.09 Å². The van der Waals surface area contributed by atoms with Crippen LogP contribution in [0.3, 0.4) is 0 Å². The van der Waals surface area contributed by atoms with Crippen molar-refractivity contribution >= 4 is 23.4 Å². The number of quaternary nitrogens is 1. The maximum Gasteiger partial charge on any atom is 0.412 e. The van der Waals surface area contributed by atoms with Crippen molar-refractivity contribution in [3.05, 3.63) is 53.1 Å². The molecule has 5 rings (SSSR count). The molecule has 2 aromatic rings. The number of hydrogen-bond acceptors (Lipinski definition) is 2. The molecule has 0 unspecified atom stereocenters. The van der Waals surface area contributed by atoms with Crippen molar-refractivity contribution in [1.29, 1.82) is 0 Å². The van der Waals surface area contributed by atoms with Crippen molar-refractivity contribution in [2.24, 2.45) is 5.92 Å². The number of ether oxygens (including phenoxy) is 1. The summed E-state index contributed by atoms with van der Waals surface area (Å²) in [6, 6.07) is 8.10. The predicted molar refractivity (Wildman–Crippen MR) is 104 cm³/mol. The number of hydrogen-bond donors (Lipinski definition) is 1. The second-order valence-electron chi connectivity index (χ2n) is 7.97. The molecule has 3 heterocycles. The van der Waals surface area contributed by atoms with Crippen LogP contribution in [0.4, 0.5) is 19.3 Å². The summed E-state index contributed by atoms with van der Waals surface area (Å²) in [5, 5.41) is 2.65. The van der Waals surface area contributed by atoms with E-state index in [4.69, 9.17) is 16.3 Å². The maximum atomic E-state index is 13.8. The lowest BCUT2D eigenvalue weighted by Gasteiger charge is -2.49. The number of benzene rings is 2. The molecule has 0 aliphatic carbocycles. The fraction of sp³-hybridized carbons (Fsp3) is 0.381. The van der Waals surface area contributed by atoms with Gasteiger partial charge in [0.2, 0.25) is 0 Å². The number of carbonyl (C=O) groups is 1. The van der Waals surface area contributed by atoms with Crippen molar-refractivity contribution in [2.75, 3.05) is 32.0 Å². The molecule has 1 N–H and O–H groups in total. The quantitative estimate of drug-likeness (QED) is 0.721. The van der Waals surface area contributed by atoms with Gasteiger partial charge < -0.3 is 9.22 Å². The lowest BCUT2D eigenvalue weighted by molar-refractivity contribution is -0.928. The predicted octanol–water partition coefficient (Wildman–Crippen LogP) is 5.07. The summed E-state index contributed by atoms with van der Waals surface area (Å²) < 4.78 is 33.9. The first-order chi connectivity index (χ1) is 13.3. The third kappa shape index (κ3) is 3.84. The van der Waals surface area contributed by atoms with E-state index < -0.39 is 17.7 Å². The fourth-order valence-corrected chi connectivity index (χ4v) is 4.47. The first kappa shape index (κ1) is 19.2. The van der Waals surface area contributed by atoms with E-state index in [2.05, 4.69) is 12.4 Å². The average molecular weight is 408 g/mol. The zero-order valence-corrected chi connectivity index (χ0v) is 16.3. The molecule has 28 heavy (non-hydrogen) atoms. The van der Waals surface area contributed by atoms with E-state index in [9.17, 15) is 13.6 Å². The number of rotatable bonds is 3. The van der Waals surface area contributed by atoms with Gasteiger partial charge in [0.1, 0.15) is 18.2 Å². The number of likely N-dealkylation sites (N-methyl/N-ethyl adjacent to an activating group) is 1. The number of nitrogens with one attached hydrogen (secondary N) is 1. The van der Waals surface area contributed by atoms with Crippen LogP contribution in [0.15, 0.2) is 36.4 Å². The molecule has 3 saturated heterocycles. The molecule has 2 aromatic carbocycles. The number of piperidine rings is 3. The molecule has 3 fully saturated rings. The van der Waals surface area contributed by atoms with Crippen LogP contribution in [0.1, 0.15) is 12.8 Å². The molecular formula is C21H22ClF2N2O2+. The Bertz CT molecular complexity index is 913. The standard InChI is InChI=1S/C21H21ClF2N2O2/c1-26-8-6-13(7-9-26)20(12-26)28-21(27)25-19-5-3-15(23)11-16(19)14-2-4-18(24)17(22)10-14/h2-5,10-11,13,20H,6-9,12H2,1H3/p+1/t13?,20-,26?/m0/s1. The Labute approximate surface area is 167 Å². The van der Waals surface area contributed by atoms with Crippen LogP contribution >= 0.6 is 11.6 Å². The van der Waals surface area contributed by atoms with Gasteiger partial charge in [0.05, 0.1) is 30.8 Å². The smallest absolute Gasteiger partial charge is 0.412 e. The molecule has 7 heteroatoms. The lowest BCUT2D eigenvalue weighted by atomic mass is 9.84. The minimum absolute atomic E-state index is 0.0699. The average Bonchev–Trinajstić information content (AvgIpc) is 2.65. The minimum atomic E-state index is -0.564. The van der Waals surface area contributed by atoms with Gasteiger partial charge in [0.15, 0.2) is 6.10 Å². The highest BCUT2D eigenvalue weighted by Crippen LogP contribution is 2.35. The summed E-state index contributed by atoms with van der Waals surface area (Å²) in [7, 11) is 2.19. The molecule has 0 radical (unpaired) electrons. The Kier molecular flexibility index (Phi) is 5.02. The summed E-state index contributed by atoms with van der Waals surface area (Å²) in [6.45, 7) is 3.07. The first-order valence-electron chi connectivity index (χ1n) is 9.39. The molecule has 1 atom stereocenters. The van der Waals surface area contributed by atoms with Gasteiger partial charge in [-0.15, -0.1) is 0 Å². The van der Waals surface area contributed by atoms with Crippen LogP contribution in [0.5, 0.6) is 0 Å². The molecule has 0 saturated carbocycles. The van der Waals surface area contributed by atoms with Gasteiger partial charge in [0.25, 0.3) is 0 Å².